The SMILES string of the molecule is Cc1c(Cl)cc(N=Cc2cc(Br)cc(Br)c2O)c(O)c1Cl. The highest BCUT2D eigenvalue weighted by Crippen LogP contribution is 2.40. The van der Waals surface area contributed by atoms with E-state index in [1.54, 1.807) is 19.1 Å². The van der Waals surface area contributed by atoms with Crippen molar-refractivity contribution in [3.05, 3.63) is 48.3 Å². The average molecular weight is 454 g/mol. The third-order valence-corrected chi connectivity index (χ3v) is 4.72. The standard InChI is InChI=1S/C14H9Br2Cl2NO2/c1-6-10(17)4-11(14(21)12(6)18)19-5-7-2-8(15)3-9(16)13(7)20/h2-5,20-21H,1H3. The van der Waals surface area contributed by atoms with Gasteiger partial charge in [-0.2, -0.15) is 0 Å². The van der Waals surface area contributed by atoms with E-state index in [1.807, 2.05) is 0 Å². The number of halogens is 4. The number of aromatic hydroxyl groups is 2. The van der Waals surface area contributed by atoms with Gasteiger partial charge in [0.15, 0.2) is 5.75 Å². The van der Waals surface area contributed by atoms with E-state index in [1.165, 1.54) is 12.3 Å². The van der Waals surface area contributed by atoms with E-state index in [4.69, 9.17) is 23.2 Å². The van der Waals surface area contributed by atoms with Gasteiger partial charge < -0.3 is 10.2 Å². The van der Waals surface area contributed by atoms with Gasteiger partial charge in [-0.15, -0.1) is 0 Å². The summed E-state index contributed by atoms with van der Waals surface area (Å²) in [5.74, 6) is -0.103. The van der Waals surface area contributed by atoms with Gasteiger partial charge in [0.05, 0.1) is 9.50 Å². The van der Waals surface area contributed by atoms with Crippen LogP contribution in [0.4, 0.5) is 5.69 Å². The van der Waals surface area contributed by atoms with E-state index in [-0.39, 0.29) is 22.2 Å². The van der Waals surface area contributed by atoms with Gasteiger partial charge in [-0.25, -0.2) is 0 Å². The summed E-state index contributed by atoms with van der Waals surface area (Å²) in [6.07, 6.45) is 1.42. The Labute approximate surface area is 148 Å². The Morgan fingerprint density at radius 3 is 2.43 bits per heavy atom. The van der Waals surface area contributed by atoms with E-state index in [2.05, 4.69) is 36.9 Å². The van der Waals surface area contributed by atoms with Crippen LogP contribution in [0.5, 0.6) is 11.5 Å². The van der Waals surface area contributed by atoms with Gasteiger partial charge >= 0.3 is 0 Å². The summed E-state index contributed by atoms with van der Waals surface area (Å²) in [5, 5.41) is 20.5. The molecule has 0 aromatic heterocycles. The summed E-state index contributed by atoms with van der Waals surface area (Å²) in [6, 6.07) is 4.92. The summed E-state index contributed by atoms with van der Waals surface area (Å²) in [7, 11) is 0. The first kappa shape index (κ1) is 16.6. The lowest BCUT2D eigenvalue weighted by Crippen LogP contribution is -1.85. The predicted octanol–water partition coefficient (Wildman–Crippen LogP) is 5.99. The number of hydrogen-bond acceptors (Lipinski definition) is 3. The smallest absolute Gasteiger partial charge is 0.160 e. The topological polar surface area (TPSA) is 52.8 Å². The van der Waals surface area contributed by atoms with Crippen LogP contribution in [0.1, 0.15) is 11.1 Å². The molecule has 2 aromatic rings. The molecule has 0 spiro atoms. The molecule has 2 N–H and O–H groups in total. The molecule has 0 aliphatic rings. The van der Waals surface area contributed by atoms with Crippen molar-refractivity contribution in [2.24, 2.45) is 4.99 Å². The van der Waals surface area contributed by atoms with Gasteiger partial charge in [0.25, 0.3) is 0 Å². The van der Waals surface area contributed by atoms with Crippen molar-refractivity contribution in [2.45, 2.75) is 6.92 Å². The lowest BCUT2D eigenvalue weighted by molar-refractivity contribution is 0.470. The number of phenols is 2. The first-order valence-electron chi connectivity index (χ1n) is 5.71. The molecule has 0 saturated heterocycles. The largest absolute Gasteiger partial charge is 0.506 e. The Hall–Kier alpha value is -0.750. The monoisotopic (exact) mass is 451 g/mol. The van der Waals surface area contributed by atoms with Gasteiger partial charge in [0.2, 0.25) is 0 Å². The van der Waals surface area contributed by atoms with Crippen molar-refractivity contribution in [1.82, 2.24) is 0 Å². The minimum absolute atomic E-state index is 0.0470. The van der Waals surface area contributed by atoms with Crippen LogP contribution in [0, 0.1) is 6.92 Å². The zero-order valence-corrected chi connectivity index (χ0v) is 15.3. The fourth-order valence-electron chi connectivity index (χ4n) is 1.61. The molecule has 0 aliphatic carbocycles. The minimum atomic E-state index is -0.150. The van der Waals surface area contributed by atoms with Crippen LogP contribution in [-0.4, -0.2) is 16.4 Å². The fourth-order valence-corrected chi connectivity index (χ4v) is 3.32. The van der Waals surface area contributed by atoms with Gasteiger partial charge in [0.1, 0.15) is 11.4 Å². The van der Waals surface area contributed by atoms with E-state index >= 15 is 0 Å². The van der Waals surface area contributed by atoms with E-state index in [9.17, 15) is 10.2 Å². The highest BCUT2D eigenvalue weighted by Gasteiger charge is 2.12. The average Bonchev–Trinajstić information content (AvgIpc) is 2.43. The molecule has 110 valence electrons. The lowest BCUT2D eigenvalue weighted by Gasteiger charge is -2.07. The van der Waals surface area contributed by atoms with E-state index < -0.39 is 0 Å². The molecule has 0 unspecified atom stereocenters. The molecule has 0 fully saturated rings. The van der Waals surface area contributed by atoms with Crippen LogP contribution in [0.15, 0.2) is 32.1 Å². The van der Waals surface area contributed by atoms with Crippen molar-refractivity contribution < 1.29 is 10.2 Å². The molecule has 0 bridgehead atoms. The van der Waals surface area contributed by atoms with Crippen molar-refractivity contribution in [2.75, 3.05) is 0 Å². The van der Waals surface area contributed by atoms with Crippen LogP contribution in [0.25, 0.3) is 0 Å². The number of nitrogens with zero attached hydrogens (tertiary/aromatic N) is 1. The Morgan fingerprint density at radius 1 is 1.10 bits per heavy atom. The molecule has 0 amide bonds. The van der Waals surface area contributed by atoms with Crippen molar-refractivity contribution in [3.63, 3.8) is 0 Å². The zero-order chi connectivity index (χ0) is 15.7. The Kier molecular flexibility index (Phi) is 5.20. The molecule has 21 heavy (non-hydrogen) atoms. The zero-order valence-electron chi connectivity index (χ0n) is 10.7. The molecule has 0 aliphatic heterocycles. The molecule has 3 nitrogen and oxygen atoms in total. The molecular formula is C14H9Br2Cl2NO2. The normalized spacial score (nSPS) is 11.3. The van der Waals surface area contributed by atoms with Crippen molar-refractivity contribution >= 4 is 67.0 Å². The summed E-state index contributed by atoms with van der Waals surface area (Å²) < 4.78 is 1.31. The van der Waals surface area contributed by atoms with Crippen LogP contribution in [0.2, 0.25) is 10.0 Å². The Bertz CT molecular complexity index is 748. The van der Waals surface area contributed by atoms with Crippen LogP contribution >= 0.6 is 55.1 Å². The van der Waals surface area contributed by atoms with Gasteiger partial charge in [-0.05, 0) is 46.6 Å². The summed E-state index contributed by atoms with van der Waals surface area (Å²) in [5.41, 5.74) is 1.29. The Balaban J connectivity index is 2.48. The maximum Gasteiger partial charge on any atom is 0.160 e. The summed E-state index contributed by atoms with van der Waals surface area (Å²) in [4.78, 5) is 4.14. The molecule has 7 heteroatoms. The summed E-state index contributed by atoms with van der Waals surface area (Å²) in [6.45, 7) is 1.70. The first-order chi connectivity index (χ1) is 9.81. The van der Waals surface area contributed by atoms with Gasteiger partial charge in [-0.3, -0.25) is 4.99 Å². The quantitative estimate of drug-likeness (QED) is 0.549. The number of rotatable bonds is 2. The molecular weight excluding hydrogens is 445 g/mol. The van der Waals surface area contributed by atoms with Crippen molar-refractivity contribution in [3.8, 4) is 11.5 Å². The molecule has 0 saturated carbocycles. The molecule has 0 atom stereocenters. The second-order valence-corrected chi connectivity index (χ2v) is 6.80. The second-order valence-electron chi connectivity index (χ2n) is 4.25. The van der Waals surface area contributed by atoms with E-state index in [0.717, 1.165) is 4.47 Å². The van der Waals surface area contributed by atoms with Gasteiger partial charge in [-0.1, -0.05) is 39.1 Å². The second kappa shape index (κ2) is 6.57. The minimum Gasteiger partial charge on any atom is -0.506 e. The fraction of sp³-hybridized carbons (Fsp3) is 0.0714. The van der Waals surface area contributed by atoms with Crippen LogP contribution in [0.3, 0.4) is 0 Å². The number of aliphatic imine (C=N–C) groups is 1. The maximum absolute atomic E-state index is 9.97. The number of hydrogen-bond donors (Lipinski definition) is 2. The molecule has 0 heterocycles. The van der Waals surface area contributed by atoms with Crippen molar-refractivity contribution in [1.29, 1.82) is 0 Å². The number of phenolic OH excluding ortho intramolecular Hbond substituents is 2. The third-order valence-electron chi connectivity index (χ3n) is 2.80. The first-order valence-corrected chi connectivity index (χ1v) is 8.05. The molecule has 2 rings (SSSR count). The highest BCUT2D eigenvalue weighted by molar-refractivity contribution is 9.11. The number of benzene rings is 2. The van der Waals surface area contributed by atoms with Crippen LogP contribution < -0.4 is 0 Å². The molecule has 0 radical (unpaired) electrons. The van der Waals surface area contributed by atoms with Crippen LogP contribution in [-0.2, 0) is 0 Å². The summed E-state index contributed by atoms with van der Waals surface area (Å²) >= 11 is 18.6. The molecule has 2 aromatic carbocycles. The highest BCUT2D eigenvalue weighted by atomic mass is 79.9. The Morgan fingerprint density at radius 2 is 1.76 bits per heavy atom. The third kappa shape index (κ3) is 3.54. The van der Waals surface area contributed by atoms with E-state index in [0.29, 0.717) is 20.6 Å². The maximum atomic E-state index is 9.97. The predicted molar refractivity (Wildman–Crippen MR) is 93.6 cm³/mol. The van der Waals surface area contributed by atoms with Gasteiger partial charge in [0, 0.05) is 21.3 Å². The lowest BCUT2D eigenvalue weighted by atomic mass is 10.2.